The van der Waals surface area contributed by atoms with Crippen LogP contribution >= 0.6 is 23.2 Å². The van der Waals surface area contributed by atoms with E-state index in [1.54, 1.807) is 24.3 Å². The second-order valence-corrected chi connectivity index (χ2v) is 3.62. The van der Waals surface area contributed by atoms with E-state index in [0.29, 0.717) is 17.0 Å². The van der Waals surface area contributed by atoms with Gasteiger partial charge in [-0.1, -0.05) is 28.9 Å². The molecule has 1 aromatic heterocycles. The quantitative estimate of drug-likeness (QED) is 0.757. The summed E-state index contributed by atoms with van der Waals surface area (Å²) < 4.78 is 4.72. The number of aldehydes is 1. The molecule has 0 N–H and O–H groups in total. The van der Waals surface area contributed by atoms with Gasteiger partial charge in [0.05, 0.1) is 0 Å². The van der Waals surface area contributed by atoms with Crippen LogP contribution in [0.2, 0.25) is 10.2 Å². The minimum atomic E-state index is -0.00468. The predicted octanol–water partition coefficient (Wildman–Crippen LogP) is 3.46. The Hall–Kier alpha value is -1.32. The van der Waals surface area contributed by atoms with Crippen LogP contribution in [0.25, 0.3) is 11.3 Å². The first kappa shape index (κ1) is 10.2. The number of hydrogen-bond acceptors (Lipinski definition) is 3. The molecule has 0 fully saturated rings. The van der Waals surface area contributed by atoms with Crippen molar-refractivity contribution in [2.75, 3.05) is 0 Å². The number of hydrogen-bond donors (Lipinski definition) is 0. The van der Waals surface area contributed by atoms with Crippen molar-refractivity contribution in [2.24, 2.45) is 0 Å². The van der Waals surface area contributed by atoms with Crippen molar-refractivity contribution < 1.29 is 9.32 Å². The first-order valence-corrected chi connectivity index (χ1v) is 4.84. The fourth-order valence-electron chi connectivity index (χ4n) is 1.20. The Bertz CT molecular complexity index is 491. The zero-order valence-electron chi connectivity index (χ0n) is 7.41. The molecule has 0 aliphatic carbocycles. The number of benzene rings is 1. The predicted molar refractivity (Wildman–Crippen MR) is 57.3 cm³/mol. The highest BCUT2D eigenvalue weighted by atomic mass is 35.5. The van der Waals surface area contributed by atoms with Crippen LogP contribution in [0.1, 0.15) is 10.4 Å². The molecular weight excluding hydrogens is 237 g/mol. The molecule has 1 heterocycles. The maximum atomic E-state index is 10.7. The van der Waals surface area contributed by atoms with E-state index in [9.17, 15) is 4.79 Å². The van der Waals surface area contributed by atoms with Gasteiger partial charge in [0, 0.05) is 10.6 Å². The molecule has 3 nitrogen and oxygen atoms in total. The summed E-state index contributed by atoms with van der Waals surface area (Å²) >= 11 is 11.4. The summed E-state index contributed by atoms with van der Waals surface area (Å²) in [7, 11) is 0. The van der Waals surface area contributed by atoms with Crippen molar-refractivity contribution in [3.05, 3.63) is 40.1 Å². The molecule has 0 unspecified atom stereocenters. The zero-order chi connectivity index (χ0) is 10.8. The number of aromatic nitrogens is 1. The van der Waals surface area contributed by atoms with E-state index in [1.165, 1.54) is 0 Å². The lowest BCUT2D eigenvalue weighted by Gasteiger charge is -1.96. The SMILES string of the molecule is O=Cc1c(-c2ccc(Cl)cc2)noc1Cl. The van der Waals surface area contributed by atoms with Gasteiger partial charge in [-0.2, -0.15) is 0 Å². The Morgan fingerprint density at radius 3 is 2.47 bits per heavy atom. The van der Waals surface area contributed by atoms with E-state index in [-0.39, 0.29) is 10.8 Å². The topological polar surface area (TPSA) is 43.1 Å². The van der Waals surface area contributed by atoms with Crippen LogP contribution in [0, 0.1) is 0 Å². The highest BCUT2D eigenvalue weighted by Gasteiger charge is 2.14. The normalized spacial score (nSPS) is 10.3. The third kappa shape index (κ3) is 1.89. The lowest BCUT2D eigenvalue weighted by atomic mass is 10.1. The molecule has 0 amide bonds. The van der Waals surface area contributed by atoms with E-state index in [2.05, 4.69) is 5.16 Å². The molecule has 0 spiro atoms. The highest BCUT2D eigenvalue weighted by Crippen LogP contribution is 2.27. The number of carbonyl (C=O) groups is 1. The summed E-state index contributed by atoms with van der Waals surface area (Å²) in [6.07, 6.45) is 0.614. The Labute approximate surface area is 95.6 Å². The Kier molecular flexibility index (Phi) is 2.75. The summed E-state index contributed by atoms with van der Waals surface area (Å²) in [6.45, 7) is 0. The Balaban J connectivity index is 2.53. The van der Waals surface area contributed by atoms with Crippen molar-refractivity contribution in [1.29, 1.82) is 0 Å². The van der Waals surface area contributed by atoms with Crippen molar-refractivity contribution >= 4 is 29.5 Å². The minimum Gasteiger partial charge on any atom is -0.343 e. The van der Waals surface area contributed by atoms with Gasteiger partial charge < -0.3 is 4.52 Å². The van der Waals surface area contributed by atoms with Crippen molar-refractivity contribution in [3.63, 3.8) is 0 Å². The van der Waals surface area contributed by atoms with Gasteiger partial charge in [-0.15, -0.1) is 0 Å². The standard InChI is InChI=1S/C10H5Cl2NO2/c11-7-3-1-6(2-4-7)9-8(5-14)10(12)15-13-9/h1-5H. The van der Waals surface area contributed by atoms with Crippen LogP contribution in [0.5, 0.6) is 0 Å². The van der Waals surface area contributed by atoms with Gasteiger partial charge >= 0.3 is 0 Å². The van der Waals surface area contributed by atoms with Gasteiger partial charge in [0.1, 0.15) is 11.3 Å². The monoisotopic (exact) mass is 241 g/mol. The molecule has 0 aliphatic heterocycles. The molecule has 1 aromatic carbocycles. The van der Waals surface area contributed by atoms with Crippen molar-refractivity contribution in [2.45, 2.75) is 0 Å². The highest BCUT2D eigenvalue weighted by molar-refractivity contribution is 6.32. The summed E-state index contributed by atoms with van der Waals surface area (Å²) in [5.41, 5.74) is 1.41. The van der Waals surface area contributed by atoms with Crippen LogP contribution in [0.3, 0.4) is 0 Å². The van der Waals surface area contributed by atoms with Crippen LogP contribution in [0.15, 0.2) is 28.8 Å². The second-order valence-electron chi connectivity index (χ2n) is 2.84. The molecule has 0 aliphatic rings. The van der Waals surface area contributed by atoms with Gasteiger partial charge in [0.15, 0.2) is 6.29 Å². The average molecular weight is 242 g/mol. The first-order chi connectivity index (χ1) is 7.22. The number of nitrogens with zero attached hydrogens (tertiary/aromatic N) is 1. The molecule has 0 radical (unpaired) electrons. The molecule has 15 heavy (non-hydrogen) atoms. The fraction of sp³-hybridized carbons (Fsp3) is 0. The Morgan fingerprint density at radius 2 is 1.87 bits per heavy atom. The van der Waals surface area contributed by atoms with Gasteiger partial charge in [-0.05, 0) is 23.7 Å². The summed E-state index contributed by atoms with van der Waals surface area (Å²) in [4.78, 5) is 10.7. The lowest BCUT2D eigenvalue weighted by molar-refractivity contribution is 0.112. The second kappa shape index (κ2) is 4.04. The summed E-state index contributed by atoms with van der Waals surface area (Å²) in [6, 6.07) is 6.88. The maximum absolute atomic E-state index is 10.7. The smallest absolute Gasteiger partial charge is 0.237 e. The average Bonchev–Trinajstić information content (AvgIpc) is 2.61. The fourth-order valence-corrected chi connectivity index (χ4v) is 1.49. The van der Waals surface area contributed by atoms with Crippen LogP contribution in [0.4, 0.5) is 0 Å². The summed E-state index contributed by atoms with van der Waals surface area (Å²) in [5.74, 6) is 0. The molecule has 0 saturated carbocycles. The van der Waals surface area contributed by atoms with E-state index in [4.69, 9.17) is 27.7 Å². The molecule has 2 rings (SSSR count). The summed E-state index contributed by atoms with van der Waals surface area (Å²) in [5, 5.41) is 4.31. The molecular formula is C10H5Cl2NO2. The first-order valence-electron chi connectivity index (χ1n) is 4.08. The maximum Gasteiger partial charge on any atom is 0.237 e. The van der Waals surface area contributed by atoms with Gasteiger partial charge in [0.2, 0.25) is 5.22 Å². The van der Waals surface area contributed by atoms with Crippen molar-refractivity contribution in [3.8, 4) is 11.3 Å². The molecule has 0 saturated heterocycles. The van der Waals surface area contributed by atoms with E-state index in [1.807, 2.05) is 0 Å². The van der Waals surface area contributed by atoms with Gasteiger partial charge in [-0.3, -0.25) is 4.79 Å². The number of rotatable bonds is 2. The van der Waals surface area contributed by atoms with E-state index in [0.717, 1.165) is 5.56 Å². The molecule has 2 aromatic rings. The largest absolute Gasteiger partial charge is 0.343 e. The van der Waals surface area contributed by atoms with E-state index < -0.39 is 0 Å². The molecule has 76 valence electrons. The number of carbonyl (C=O) groups excluding carboxylic acids is 1. The molecule has 0 bridgehead atoms. The van der Waals surface area contributed by atoms with Crippen molar-refractivity contribution in [1.82, 2.24) is 5.16 Å². The number of halogens is 2. The van der Waals surface area contributed by atoms with Crippen LogP contribution in [-0.2, 0) is 0 Å². The lowest BCUT2D eigenvalue weighted by Crippen LogP contribution is -1.84. The van der Waals surface area contributed by atoms with Gasteiger partial charge in [-0.25, -0.2) is 0 Å². The minimum absolute atomic E-state index is 0.00468. The Morgan fingerprint density at radius 1 is 1.20 bits per heavy atom. The van der Waals surface area contributed by atoms with Gasteiger partial charge in [0.25, 0.3) is 0 Å². The zero-order valence-corrected chi connectivity index (χ0v) is 8.92. The van der Waals surface area contributed by atoms with Crippen LogP contribution in [-0.4, -0.2) is 11.4 Å². The van der Waals surface area contributed by atoms with E-state index >= 15 is 0 Å². The van der Waals surface area contributed by atoms with Crippen LogP contribution < -0.4 is 0 Å². The third-order valence-electron chi connectivity index (χ3n) is 1.92. The molecule has 0 atom stereocenters. The third-order valence-corrected chi connectivity index (χ3v) is 2.44. The molecule has 5 heteroatoms.